The van der Waals surface area contributed by atoms with Gasteiger partial charge in [-0.05, 0) is 37.0 Å². The number of hydrogen-bond donors (Lipinski definition) is 2. The molecule has 1 fully saturated rings. The number of carboxylic acids is 1. The smallest absolute Gasteiger partial charge is 0.335 e. The minimum atomic E-state index is -0.976. The highest BCUT2D eigenvalue weighted by Crippen LogP contribution is 2.18. The van der Waals surface area contributed by atoms with Crippen molar-refractivity contribution in [2.45, 2.75) is 32.6 Å². The van der Waals surface area contributed by atoms with Crippen molar-refractivity contribution in [3.05, 3.63) is 35.4 Å². The molecular weight excluding hydrogens is 308 g/mol. The summed E-state index contributed by atoms with van der Waals surface area (Å²) in [4.78, 5) is 36.9. The highest BCUT2D eigenvalue weighted by atomic mass is 16.4. The molecule has 2 amide bonds. The molecule has 0 radical (unpaired) electrons. The Hall–Kier alpha value is -2.37. The number of nitrogens with zero attached hydrogens (tertiary/aromatic N) is 1. The number of nitrogens with one attached hydrogen (secondary N) is 1. The van der Waals surface area contributed by atoms with Gasteiger partial charge in [0.1, 0.15) is 0 Å². The molecule has 1 aromatic rings. The zero-order valence-electron chi connectivity index (χ0n) is 14.0. The molecule has 2 N–H and O–H groups in total. The summed E-state index contributed by atoms with van der Waals surface area (Å²) >= 11 is 0. The van der Waals surface area contributed by atoms with Gasteiger partial charge in [0.05, 0.1) is 12.0 Å². The van der Waals surface area contributed by atoms with Gasteiger partial charge in [0, 0.05) is 25.6 Å². The monoisotopic (exact) mass is 332 g/mol. The molecule has 0 atom stereocenters. The van der Waals surface area contributed by atoms with Crippen LogP contribution in [0.25, 0.3) is 0 Å². The van der Waals surface area contributed by atoms with E-state index in [1.807, 2.05) is 6.92 Å². The van der Waals surface area contributed by atoms with E-state index in [4.69, 9.17) is 5.11 Å². The minimum Gasteiger partial charge on any atom is -0.478 e. The number of rotatable bonds is 6. The van der Waals surface area contributed by atoms with E-state index in [2.05, 4.69) is 5.32 Å². The molecule has 0 aromatic heterocycles. The zero-order valence-corrected chi connectivity index (χ0v) is 14.0. The Bertz CT molecular complexity index is 590. The van der Waals surface area contributed by atoms with Crippen LogP contribution in [0.15, 0.2) is 24.3 Å². The predicted octanol–water partition coefficient (Wildman–Crippen LogP) is 1.69. The maximum atomic E-state index is 12.3. The van der Waals surface area contributed by atoms with Crippen molar-refractivity contribution >= 4 is 17.8 Å². The summed E-state index contributed by atoms with van der Waals surface area (Å²) in [5.41, 5.74) is 1.01. The molecule has 1 aliphatic rings. The van der Waals surface area contributed by atoms with E-state index in [1.54, 1.807) is 17.0 Å². The number of carbonyl (C=O) groups excluding carboxylic acids is 2. The molecule has 0 bridgehead atoms. The summed E-state index contributed by atoms with van der Waals surface area (Å²) in [5, 5.41) is 11.8. The van der Waals surface area contributed by atoms with E-state index in [0.717, 1.165) is 12.0 Å². The standard InChI is InChI=1S/C18H24N2O4/c1-2-9-19-17(22)14-7-10-20(11-8-14)16(21)12-13-3-5-15(6-4-13)18(23)24/h3-6,14H,2,7-12H2,1H3,(H,19,22)(H,23,24). The lowest BCUT2D eigenvalue weighted by Gasteiger charge is -2.31. The van der Waals surface area contributed by atoms with E-state index in [9.17, 15) is 14.4 Å². The Labute approximate surface area is 141 Å². The van der Waals surface area contributed by atoms with Crippen LogP contribution in [-0.2, 0) is 16.0 Å². The van der Waals surface area contributed by atoms with E-state index in [1.165, 1.54) is 12.1 Å². The predicted molar refractivity (Wildman–Crippen MR) is 89.7 cm³/mol. The van der Waals surface area contributed by atoms with E-state index < -0.39 is 5.97 Å². The van der Waals surface area contributed by atoms with Gasteiger partial charge in [-0.15, -0.1) is 0 Å². The lowest BCUT2D eigenvalue weighted by Crippen LogP contribution is -2.43. The molecule has 6 nitrogen and oxygen atoms in total. The number of likely N-dealkylation sites (tertiary alicyclic amines) is 1. The zero-order chi connectivity index (χ0) is 17.5. The van der Waals surface area contributed by atoms with Gasteiger partial charge in [-0.2, -0.15) is 0 Å². The fourth-order valence-corrected chi connectivity index (χ4v) is 2.84. The van der Waals surface area contributed by atoms with Crippen molar-refractivity contribution in [3.8, 4) is 0 Å². The Morgan fingerprint density at radius 2 is 1.79 bits per heavy atom. The normalized spacial score (nSPS) is 15.1. The van der Waals surface area contributed by atoms with Gasteiger partial charge >= 0.3 is 5.97 Å². The Morgan fingerprint density at radius 3 is 2.33 bits per heavy atom. The number of carboxylic acid groups (broad SMARTS) is 1. The maximum absolute atomic E-state index is 12.3. The highest BCUT2D eigenvalue weighted by Gasteiger charge is 2.26. The number of carbonyl (C=O) groups is 3. The van der Waals surface area contributed by atoms with Gasteiger partial charge in [-0.3, -0.25) is 9.59 Å². The first-order chi connectivity index (χ1) is 11.5. The summed E-state index contributed by atoms with van der Waals surface area (Å²) in [5.74, 6) is -0.870. The van der Waals surface area contributed by atoms with Crippen LogP contribution in [0.4, 0.5) is 0 Å². The van der Waals surface area contributed by atoms with Gasteiger partial charge in [0.2, 0.25) is 11.8 Å². The van der Waals surface area contributed by atoms with Crippen molar-refractivity contribution in [1.29, 1.82) is 0 Å². The molecule has 24 heavy (non-hydrogen) atoms. The third-order valence-corrected chi connectivity index (χ3v) is 4.32. The third kappa shape index (κ3) is 4.81. The molecule has 1 heterocycles. The summed E-state index contributed by atoms with van der Waals surface area (Å²) in [7, 11) is 0. The molecular formula is C18H24N2O4. The van der Waals surface area contributed by atoms with Gasteiger partial charge in [-0.1, -0.05) is 19.1 Å². The summed E-state index contributed by atoms with van der Waals surface area (Å²) in [6, 6.07) is 6.36. The molecule has 0 aliphatic carbocycles. The molecule has 1 aromatic carbocycles. The molecule has 0 saturated carbocycles. The second kappa shape index (κ2) is 8.47. The van der Waals surface area contributed by atoms with Crippen LogP contribution in [0.5, 0.6) is 0 Å². The maximum Gasteiger partial charge on any atom is 0.335 e. The second-order valence-corrected chi connectivity index (χ2v) is 6.12. The van der Waals surface area contributed by atoms with Gasteiger partial charge in [0.25, 0.3) is 0 Å². The van der Waals surface area contributed by atoms with Gasteiger partial charge in [-0.25, -0.2) is 4.79 Å². The average Bonchev–Trinajstić information content (AvgIpc) is 2.60. The molecule has 0 unspecified atom stereocenters. The Kier molecular flexibility index (Phi) is 6.35. The van der Waals surface area contributed by atoms with Crippen LogP contribution in [0.2, 0.25) is 0 Å². The first-order valence-corrected chi connectivity index (χ1v) is 8.39. The fraction of sp³-hybridized carbons (Fsp3) is 0.500. The van der Waals surface area contributed by atoms with Crippen LogP contribution in [-0.4, -0.2) is 47.4 Å². The van der Waals surface area contributed by atoms with Crippen molar-refractivity contribution in [2.75, 3.05) is 19.6 Å². The summed E-state index contributed by atoms with van der Waals surface area (Å²) in [6.45, 7) is 3.90. The molecule has 1 saturated heterocycles. The van der Waals surface area contributed by atoms with Crippen LogP contribution in [0.3, 0.4) is 0 Å². The van der Waals surface area contributed by atoms with Crippen LogP contribution < -0.4 is 5.32 Å². The van der Waals surface area contributed by atoms with Gasteiger partial charge < -0.3 is 15.3 Å². The topological polar surface area (TPSA) is 86.7 Å². The SMILES string of the molecule is CCCNC(=O)C1CCN(C(=O)Cc2ccc(C(=O)O)cc2)CC1. The van der Waals surface area contributed by atoms with E-state index in [0.29, 0.717) is 32.5 Å². The van der Waals surface area contributed by atoms with Gasteiger partial charge in [0.15, 0.2) is 0 Å². The highest BCUT2D eigenvalue weighted by molar-refractivity contribution is 5.88. The quantitative estimate of drug-likeness (QED) is 0.830. The number of aromatic carboxylic acids is 1. The number of amides is 2. The van der Waals surface area contributed by atoms with Crippen LogP contribution in [0, 0.1) is 5.92 Å². The summed E-state index contributed by atoms with van der Waals surface area (Å²) < 4.78 is 0. The fourth-order valence-electron chi connectivity index (χ4n) is 2.84. The summed E-state index contributed by atoms with van der Waals surface area (Å²) in [6.07, 6.45) is 2.56. The number of piperidine rings is 1. The number of benzene rings is 1. The van der Waals surface area contributed by atoms with Crippen molar-refractivity contribution in [3.63, 3.8) is 0 Å². The van der Waals surface area contributed by atoms with Crippen LogP contribution >= 0.6 is 0 Å². The molecule has 130 valence electrons. The first-order valence-electron chi connectivity index (χ1n) is 8.39. The Balaban J connectivity index is 1.82. The second-order valence-electron chi connectivity index (χ2n) is 6.12. The van der Waals surface area contributed by atoms with E-state index in [-0.39, 0.29) is 29.7 Å². The third-order valence-electron chi connectivity index (χ3n) is 4.32. The molecule has 1 aliphatic heterocycles. The van der Waals surface area contributed by atoms with E-state index >= 15 is 0 Å². The van der Waals surface area contributed by atoms with Crippen molar-refractivity contribution in [1.82, 2.24) is 10.2 Å². The van der Waals surface area contributed by atoms with Crippen molar-refractivity contribution in [2.24, 2.45) is 5.92 Å². The lowest BCUT2D eigenvalue weighted by molar-refractivity contribution is -0.135. The average molecular weight is 332 g/mol. The van der Waals surface area contributed by atoms with Crippen molar-refractivity contribution < 1.29 is 19.5 Å². The lowest BCUT2D eigenvalue weighted by atomic mass is 9.95. The largest absolute Gasteiger partial charge is 0.478 e. The first kappa shape index (κ1) is 18.0. The molecule has 6 heteroatoms. The minimum absolute atomic E-state index is 0.00421. The molecule has 0 spiro atoms. The Morgan fingerprint density at radius 1 is 1.17 bits per heavy atom. The van der Waals surface area contributed by atoms with Crippen LogP contribution in [0.1, 0.15) is 42.1 Å². The molecule has 2 rings (SSSR count). The number of hydrogen-bond acceptors (Lipinski definition) is 3.